The van der Waals surface area contributed by atoms with Gasteiger partial charge in [0.25, 0.3) is 5.91 Å². The number of piperazine rings is 1. The van der Waals surface area contributed by atoms with E-state index in [0.717, 1.165) is 51.4 Å². The summed E-state index contributed by atoms with van der Waals surface area (Å²) in [5, 5.41) is 3.37. The van der Waals surface area contributed by atoms with Crippen LogP contribution in [-0.4, -0.2) is 67.6 Å². The van der Waals surface area contributed by atoms with Gasteiger partial charge in [-0.25, -0.2) is 0 Å². The maximum Gasteiger partial charge on any atom is 0.260 e. The predicted octanol–water partition coefficient (Wildman–Crippen LogP) is 0.880. The first-order valence-corrected chi connectivity index (χ1v) is 8.14. The van der Waals surface area contributed by atoms with Crippen molar-refractivity contribution in [3.63, 3.8) is 0 Å². The second kappa shape index (κ2) is 7.11. The molecule has 1 N–H and O–H groups in total. The SMILES string of the molecule is Cc1ccc(OCC(=O)N2CCC(N3CCNCC3)C2)cc1. The molecular weight excluding hydrogens is 278 g/mol. The number of nitrogens with zero attached hydrogens (tertiary/aromatic N) is 2. The minimum Gasteiger partial charge on any atom is -0.484 e. The molecule has 0 aromatic heterocycles. The summed E-state index contributed by atoms with van der Waals surface area (Å²) in [5.41, 5.74) is 1.19. The Labute approximate surface area is 132 Å². The first-order valence-electron chi connectivity index (χ1n) is 8.14. The fraction of sp³-hybridized carbons (Fsp3) is 0.588. The van der Waals surface area contributed by atoms with Gasteiger partial charge in [0.2, 0.25) is 0 Å². The first-order chi connectivity index (χ1) is 10.7. The lowest BCUT2D eigenvalue weighted by Crippen LogP contribution is -2.49. The van der Waals surface area contributed by atoms with E-state index in [1.807, 2.05) is 36.1 Å². The average molecular weight is 303 g/mol. The molecule has 2 fully saturated rings. The molecule has 1 unspecified atom stereocenters. The van der Waals surface area contributed by atoms with Crippen LogP contribution in [0.25, 0.3) is 0 Å². The van der Waals surface area contributed by atoms with Gasteiger partial charge in [-0.05, 0) is 25.5 Å². The van der Waals surface area contributed by atoms with Crippen molar-refractivity contribution in [2.45, 2.75) is 19.4 Å². The van der Waals surface area contributed by atoms with E-state index in [9.17, 15) is 4.79 Å². The molecule has 1 amide bonds. The van der Waals surface area contributed by atoms with E-state index in [2.05, 4.69) is 10.2 Å². The number of carbonyl (C=O) groups is 1. The Balaban J connectivity index is 1.45. The standard InChI is InChI=1S/C17H25N3O2/c1-14-2-4-16(5-3-14)22-13-17(21)20-9-6-15(12-20)19-10-7-18-8-11-19/h2-5,15,18H,6-13H2,1H3. The zero-order valence-corrected chi connectivity index (χ0v) is 13.3. The van der Waals surface area contributed by atoms with Crippen molar-refractivity contribution in [1.82, 2.24) is 15.1 Å². The summed E-state index contributed by atoms with van der Waals surface area (Å²) in [7, 11) is 0. The number of hydrogen-bond acceptors (Lipinski definition) is 4. The zero-order valence-electron chi connectivity index (χ0n) is 13.3. The highest BCUT2D eigenvalue weighted by molar-refractivity contribution is 5.78. The minimum absolute atomic E-state index is 0.0956. The third-order valence-electron chi connectivity index (χ3n) is 4.57. The number of benzene rings is 1. The lowest BCUT2D eigenvalue weighted by molar-refractivity contribution is -0.132. The van der Waals surface area contributed by atoms with E-state index >= 15 is 0 Å². The molecule has 2 aliphatic heterocycles. The number of nitrogens with one attached hydrogen (secondary N) is 1. The average Bonchev–Trinajstić information content (AvgIpc) is 3.05. The molecule has 5 nitrogen and oxygen atoms in total. The molecular formula is C17H25N3O2. The summed E-state index contributed by atoms with van der Waals surface area (Å²) in [6.07, 6.45) is 1.08. The summed E-state index contributed by atoms with van der Waals surface area (Å²) in [6, 6.07) is 8.34. The van der Waals surface area contributed by atoms with Crippen LogP contribution in [0.5, 0.6) is 5.75 Å². The third-order valence-corrected chi connectivity index (χ3v) is 4.57. The predicted molar refractivity (Wildman–Crippen MR) is 86.1 cm³/mol. The van der Waals surface area contributed by atoms with Crippen LogP contribution in [0, 0.1) is 6.92 Å². The van der Waals surface area contributed by atoms with E-state index in [1.165, 1.54) is 5.56 Å². The molecule has 3 rings (SSSR count). The van der Waals surface area contributed by atoms with E-state index in [-0.39, 0.29) is 12.5 Å². The van der Waals surface area contributed by atoms with Crippen molar-refractivity contribution < 1.29 is 9.53 Å². The van der Waals surface area contributed by atoms with E-state index in [1.54, 1.807) is 0 Å². The third kappa shape index (κ3) is 3.78. The van der Waals surface area contributed by atoms with Gasteiger partial charge >= 0.3 is 0 Å². The summed E-state index contributed by atoms with van der Waals surface area (Å²) in [5.74, 6) is 0.856. The second-order valence-electron chi connectivity index (χ2n) is 6.17. The normalized spacial score (nSPS) is 22.8. The zero-order chi connectivity index (χ0) is 15.4. The van der Waals surface area contributed by atoms with Crippen LogP contribution in [-0.2, 0) is 4.79 Å². The van der Waals surface area contributed by atoms with Crippen molar-refractivity contribution in [3.05, 3.63) is 29.8 Å². The van der Waals surface area contributed by atoms with Crippen molar-refractivity contribution in [2.75, 3.05) is 45.9 Å². The largest absolute Gasteiger partial charge is 0.484 e. The number of hydrogen-bond donors (Lipinski definition) is 1. The molecule has 0 bridgehead atoms. The van der Waals surface area contributed by atoms with Gasteiger partial charge in [-0.3, -0.25) is 9.69 Å². The fourth-order valence-corrected chi connectivity index (χ4v) is 3.18. The van der Waals surface area contributed by atoms with Crippen molar-refractivity contribution in [2.24, 2.45) is 0 Å². The monoisotopic (exact) mass is 303 g/mol. The molecule has 2 saturated heterocycles. The Morgan fingerprint density at radius 2 is 1.95 bits per heavy atom. The van der Waals surface area contributed by atoms with Crippen molar-refractivity contribution in [3.8, 4) is 5.75 Å². The molecule has 1 aromatic carbocycles. The van der Waals surface area contributed by atoms with Gasteiger partial charge in [0.05, 0.1) is 0 Å². The van der Waals surface area contributed by atoms with Gasteiger partial charge in [0.1, 0.15) is 5.75 Å². The number of rotatable bonds is 4. The number of aryl methyl sites for hydroxylation is 1. The molecule has 0 spiro atoms. The number of carbonyl (C=O) groups excluding carboxylic acids is 1. The van der Waals surface area contributed by atoms with E-state index in [4.69, 9.17) is 4.74 Å². The van der Waals surface area contributed by atoms with Crippen molar-refractivity contribution in [1.29, 1.82) is 0 Å². The van der Waals surface area contributed by atoms with E-state index < -0.39 is 0 Å². The quantitative estimate of drug-likeness (QED) is 0.897. The van der Waals surface area contributed by atoms with E-state index in [0.29, 0.717) is 6.04 Å². The second-order valence-corrected chi connectivity index (χ2v) is 6.17. The Morgan fingerprint density at radius 1 is 1.23 bits per heavy atom. The molecule has 22 heavy (non-hydrogen) atoms. The summed E-state index contributed by atoms with van der Waals surface area (Å²) in [4.78, 5) is 16.7. The molecule has 5 heteroatoms. The molecule has 1 atom stereocenters. The van der Waals surface area contributed by atoms with Gasteiger partial charge in [0.15, 0.2) is 6.61 Å². The molecule has 2 heterocycles. The summed E-state index contributed by atoms with van der Waals surface area (Å²) >= 11 is 0. The number of likely N-dealkylation sites (tertiary alicyclic amines) is 1. The lowest BCUT2D eigenvalue weighted by Gasteiger charge is -2.32. The summed E-state index contributed by atoms with van der Waals surface area (Å²) < 4.78 is 5.60. The Hall–Kier alpha value is -1.59. The number of amides is 1. The highest BCUT2D eigenvalue weighted by Gasteiger charge is 2.30. The van der Waals surface area contributed by atoms with Crippen molar-refractivity contribution >= 4 is 5.91 Å². The smallest absolute Gasteiger partial charge is 0.260 e. The summed E-state index contributed by atoms with van der Waals surface area (Å²) in [6.45, 7) is 8.16. The van der Waals surface area contributed by atoms with Crippen LogP contribution >= 0.6 is 0 Å². The van der Waals surface area contributed by atoms with Crippen LogP contribution in [0.3, 0.4) is 0 Å². The molecule has 0 radical (unpaired) electrons. The van der Waals surface area contributed by atoms with Crippen LogP contribution in [0.2, 0.25) is 0 Å². The maximum atomic E-state index is 12.3. The minimum atomic E-state index is 0.0956. The number of ether oxygens (including phenoxy) is 1. The lowest BCUT2D eigenvalue weighted by atomic mass is 10.2. The topological polar surface area (TPSA) is 44.8 Å². The van der Waals surface area contributed by atoms with Gasteiger partial charge in [-0.2, -0.15) is 0 Å². The molecule has 0 saturated carbocycles. The Kier molecular flexibility index (Phi) is 4.95. The van der Waals surface area contributed by atoms with Gasteiger partial charge in [-0.15, -0.1) is 0 Å². The highest BCUT2D eigenvalue weighted by Crippen LogP contribution is 2.17. The molecule has 0 aliphatic carbocycles. The Morgan fingerprint density at radius 3 is 2.68 bits per heavy atom. The first kappa shape index (κ1) is 15.3. The molecule has 120 valence electrons. The van der Waals surface area contributed by atoms with Crippen LogP contribution in [0.15, 0.2) is 24.3 Å². The maximum absolute atomic E-state index is 12.3. The fourth-order valence-electron chi connectivity index (χ4n) is 3.18. The van der Waals surface area contributed by atoms with Crippen LogP contribution in [0.1, 0.15) is 12.0 Å². The van der Waals surface area contributed by atoms with Gasteiger partial charge < -0.3 is 15.0 Å². The Bertz CT molecular complexity index is 497. The van der Waals surface area contributed by atoms with Crippen LogP contribution < -0.4 is 10.1 Å². The van der Waals surface area contributed by atoms with Gasteiger partial charge in [0, 0.05) is 45.3 Å². The molecule has 1 aromatic rings. The highest BCUT2D eigenvalue weighted by atomic mass is 16.5. The molecule has 2 aliphatic rings. The van der Waals surface area contributed by atoms with Crippen LogP contribution in [0.4, 0.5) is 0 Å². The van der Waals surface area contributed by atoms with Gasteiger partial charge in [-0.1, -0.05) is 17.7 Å².